The van der Waals surface area contributed by atoms with Gasteiger partial charge in [0.15, 0.2) is 6.10 Å². The van der Waals surface area contributed by atoms with Crippen LogP contribution < -0.4 is 9.47 Å². The maximum Gasteiger partial charge on any atom is 0.267 e. The lowest BCUT2D eigenvalue weighted by molar-refractivity contribution is 0.176. The summed E-state index contributed by atoms with van der Waals surface area (Å²) < 4.78 is 16.2. The number of rotatable bonds is 5. The molecule has 0 bridgehead atoms. The first-order chi connectivity index (χ1) is 11.6. The molecule has 0 N–H and O–H groups in total. The average molecular weight is 365 g/mol. The molecule has 1 heterocycles. The van der Waals surface area contributed by atoms with Crippen LogP contribution in [0.25, 0.3) is 11.4 Å². The summed E-state index contributed by atoms with van der Waals surface area (Å²) >= 11 is 12.0. The van der Waals surface area contributed by atoms with Crippen LogP contribution in [0.5, 0.6) is 11.5 Å². The molecular weight excluding hydrogens is 351 g/mol. The van der Waals surface area contributed by atoms with Crippen molar-refractivity contribution in [1.29, 1.82) is 0 Å². The van der Waals surface area contributed by atoms with E-state index in [0.717, 1.165) is 11.3 Å². The van der Waals surface area contributed by atoms with Crippen molar-refractivity contribution in [3.8, 4) is 22.9 Å². The van der Waals surface area contributed by atoms with Gasteiger partial charge in [-0.3, -0.25) is 0 Å². The third-order valence-electron chi connectivity index (χ3n) is 3.34. The first-order valence-corrected chi connectivity index (χ1v) is 7.92. The lowest BCUT2D eigenvalue weighted by atomic mass is 10.2. The summed E-state index contributed by atoms with van der Waals surface area (Å²) in [4.78, 5) is 4.37. The Hall–Kier alpha value is -2.24. The third kappa shape index (κ3) is 3.63. The fraction of sp³-hybridized carbons (Fsp3) is 0.176. The summed E-state index contributed by atoms with van der Waals surface area (Å²) in [5, 5.41) is 4.94. The molecule has 0 amide bonds. The number of aromatic nitrogens is 2. The standard InChI is InChI=1S/C17H14Cl2N2O3/c1-10(23-15-8-5-12(18)9-14(15)19)17-20-16(21-24-17)11-3-6-13(22-2)7-4-11/h3-10H,1-2H3. The highest BCUT2D eigenvalue weighted by atomic mass is 35.5. The fourth-order valence-corrected chi connectivity index (χ4v) is 2.52. The highest BCUT2D eigenvalue weighted by Crippen LogP contribution is 2.31. The van der Waals surface area contributed by atoms with Gasteiger partial charge in [0.25, 0.3) is 5.89 Å². The molecule has 124 valence electrons. The Bertz CT molecular complexity index is 834. The van der Waals surface area contributed by atoms with E-state index in [2.05, 4.69) is 10.1 Å². The number of hydrogen-bond donors (Lipinski definition) is 0. The van der Waals surface area contributed by atoms with E-state index < -0.39 is 6.10 Å². The van der Waals surface area contributed by atoms with Crippen LogP contribution in [0.2, 0.25) is 10.0 Å². The van der Waals surface area contributed by atoms with E-state index in [9.17, 15) is 0 Å². The van der Waals surface area contributed by atoms with E-state index in [0.29, 0.717) is 27.5 Å². The Labute approximate surface area is 149 Å². The molecule has 0 saturated heterocycles. The van der Waals surface area contributed by atoms with Gasteiger partial charge >= 0.3 is 0 Å². The number of benzene rings is 2. The van der Waals surface area contributed by atoms with E-state index in [1.165, 1.54) is 0 Å². The highest BCUT2D eigenvalue weighted by Gasteiger charge is 2.18. The van der Waals surface area contributed by atoms with Crippen LogP contribution in [0, 0.1) is 0 Å². The Morgan fingerprint density at radius 1 is 1.08 bits per heavy atom. The molecule has 0 aliphatic rings. The summed E-state index contributed by atoms with van der Waals surface area (Å²) in [7, 11) is 1.61. The minimum absolute atomic E-state index is 0.354. The van der Waals surface area contributed by atoms with Crippen molar-refractivity contribution in [2.45, 2.75) is 13.0 Å². The zero-order valence-electron chi connectivity index (χ0n) is 13.0. The molecule has 2 aromatic carbocycles. The molecular formula is C17H14Cl2N2O3. The normalized spacial score (nSPS) is 12.0. The zero-order valence-corrected chi connectivity index (χ0v) is 14.5. The molecule has 24 heavy (non-hydrogen) atoms. The molecule has 3 aromatic rings. The predicted octanol–water partition coefficient (Wildman–Crippen LogP) is 5.19. The van der Waals surface area contributed by atoms with Crippen molar-refractivity contribution in [2.75, 3.05) is 7.11 Å². The van der Waals surface area contributed by atoms with Crippen molar-refractivity contribution in [2.24, 2.45) is 0 Å². The zero-order chi connectivity index (χ0) is 17.1. The van der Waals surface area contributed by atoms with E-state index in [4.69, 9.17) is 37.2 Å². The topological polar surface area (TPSA) is 57.4 Å². The number of halogens is 2. The van der Waals surface area contributed by atoms with Gasteiger partial charge in [0.1, 0.15) is 11.5 Å². The first kappa shape index (κ1) is 16.6. The van der Waals surface area contributed by atoms with Gasteiger partial charge in [0.05, 0.1) is 12.1 Å². The Kier molecular flexibility index (Phi) is 4.92. The smallest absolute Gasteiger partial charge is 0.267 e. The van der Waals surface area contributed by atoms with Crippen molar-refractivity contribution >= 4 is 23.2 Å². The fourth-order valence-electron chi connectivity index (χ4n) is 2.07. The van der Waals surface area contributed by atoms with Crippen LogP contribution in [0.1, 0.15) is 18.9 Å². The lowest BCUT2D eigenvalue weighted by Crippen LogP contribution is -2.03. The van der Waals surface area contributed by atoms with Crippen LogP contribution >= 0.6 is 23.2 Å². The third-order valence-corrected chi connectivity index (χ3v) is 3.87. The molecule has 1 aromatic heterocycles. The van der Waals surface area contributed by atoms with Crippen molar-refractivity contribution in [3.63, 3.8) is 0 Å². The predicted molar refractivity (Wildman–Crippen MR) is 91.8 cm³/mol. The molecule has 0 spiro atoms. The van der Waals surface area contributed by atoms with Gasteiger partial charge in [0, 0.05) is 10.6 Å². The van der Waals surface area contributed by atoms with E-state index in [-0.39, 0.29) is 0 Å². The number of methoxy groups -OCH3 is 1. The summed E-state index contributed by atoms with van der Waals surface area (Å²) in [5.74, 6) is 2.09. The van der Waals surface area contributed by atoms with Gasteiger partial charge in [0.2, 0.25) is 5.82 Å². The molecule has 1 unspecified atom stereocenters. The second kappa shape index (κ2) is 7.11. The van der Waals surface area contributed by atoms with Crippen LogP contribution in [-0.4, -0.2) is 17.3 Å². The molecule has 0 aliphatic heterocycles. The van der Waals surface area contributed by atoms with Crippen LogP contribution in [0.4, 0.5) is 0 Å². The quantitative estimate of drug-likeness (QED) is 0.623. The summed E-state index contributed by atoms with van der Waals surface area (Å²) in [6.07, 6.45) is -0.455. The SMILES string of the molecule is COc1ccc(-c2noc(C(C)Oc3ccc(Cl)cc3Cl)n2)cc1. The van der Waals surface area contributed by atoms with Gasteiger partial charge in [-0.2, -0.15) is 4.98 Å². The number of hydrogen-bond acceptors (Lipinski definition) is 5. The van der Waals surface area contributed by atoms with Gasteiger partial charge in [-0.25, -0.2) is 0 Å². The molecule has 0 fully saturated rings. The van der Waals surface area contributed by atoms with E-state index in [1.54, 1.807) is 32.2 Å². The summed E-state index contributed by atoms with van der Waals surface area (Å²) in [6, 6.07) is 12.4. The van der Waals surface area contributed by atoms with Gasteiger partial charge in [-0.15, -0.1) is 0 Å². The Morgan fingerprint density at radius 3 is 2.50 bits per heavy atom. The van der Waals surface area contributed by atoms with Crippen LogP contribution in [0.3, 0.4) is 0 Å². The van der Waals surface area contributed by atoms with Crippen molar-refractivity contribution in [3.05, 3.63) is 58.4 Å². The lowest BCUT2D eigenvalue weighted by Gasteiger charge is -2.12. The second-order valence-electron chi connectivity index (χ2n) is 5.02. The molecule has 5 nitrogen and oxygen atoms in total. The summed E-state index contributed by atoms with van der Waals surface area (Å²) in [5.41, 5.74) is 0.822. The largest absolute Gasteiger partial charge is 0.497 e. The van der Waals surface area contributed by atoms with Crippen LogP contribution in [0.15, 0.2) is 47.0 Å². The average Bonchev–Trinajstić information content (AvgIpc) is 3.07. The van der Waals surface area contributed by atoms with E-state index >= 15 is 0 Å². The second-order valence-corrected chi connectivity index (χ2v) is 5.86. The molecule has 0 aliphatic carbocycles. The van der Waals surface area contributed by atoms with Gasteiger partial charge in [-0.05, 0) is 49.4 Å². The Balaban J connectivity index is 1.76. The van der Waals surface area contributed by atoms with Crippen molar-refractivity contribution in [1.82, 2.24) is 10.1 Å². The highest BCUT2D eigenvalue weighted by molar-refractivity contribution is 6.35. The van der Waals surface area contributed by atoms with Gasteiger partial charge in [-0.1, -0.05) is 28.4 Å². The number of ether oxygens (including phenoxy) is 2. The summed E-state index contributed by atoms with van der Waals surface area (Å²) in [6.45, 7) is 1.80. The van der Waals surface area contributed by atoms with Gasteiger partial charge < -0.3 is 14.0 Å². The van der Waals surface area contributed by atoms with Crippen LogP contribution in [-0.2, 0) is 0 Å². The van der Waals surface area contributed by atoms with Crippen molar-refractivity contribution < 1.29 is 14.0 Å². The minimum Gasteiger partial charge on any atom is -0.497 e. The Morgan fingerprint density at radius 2 is 1.83 bits per heavy atom. The molecule has 0 radical (unpaired) electrons. The molecule has 7 heteroatoms. The first-order valence-electron chi connectivity index (χ1n) is 7.16. The number of nitrogens with zero attached hydrogens (tertiary/aromatic N) is 2. The van der Waals surface area contributed by atoms with E-state index in [1.807, 2.05) is 24.3 Å². The molecule has 1 atom stereocenters. The monoisotopic (exact) mass is 364 g/mol. The molecule has 3 rings (SSSR count). The molecule has 0 saturated carbocycles. The maximum absolute atomic E-state index is 6.10. The maximum atomic E-state index is 6.10. The minimum atomic E-state index is -0.455.